The SMILES string of the molecule is Cc1ccc(SCC(=O)N2CCN(C=O)CC2)cc1. The Morgan fingerprint density at radius 2 is 1.84 bits per heavy atom. The summed E-state index contributed by atoms with van der Waals surface area (Å²) in [6, 6.07) is 8.18. The molecule has 0 radical (unpaired) electrons. The molecule has 2 rings (SSSR count). The molecule has 1 aromatic rings. The van der Waals surface area contributed by atoms with Crippen molar-refractivity contribution in [1.82, 2.24) is 9.80 Å². The van der Waals surface area contributed by atoms with Crippen molar-refractivity contribution < 1.29 is 9.59 Å². The molecule has 0 aromatic heterocycles. The zero-order chi connectivity index (χ0) is 13.7. The molecule has 2 amide bonds. The summed E-state index contributed by atoms with van der Waals surface area (Å²) >= 11 is 1.56. The molecule has 0 bridgehead atoms. The number of benzene rings is 1. The number of nitrogens with zero attached hydrogens (tertiary/aromatic N) is 2. The molecular weight excluding hydrogens is 260 g/mol. The minimum absolute atomic E-state index is 0.149. The Balaban J connectivity index is 1.78. The van der Waals surface area contributed by atoms with Crippen LogP contribution in [0.1, 0.15) is 5.56 Å². The van der Waals surface area contributed by atoms with Gasteiger partial charge >= 0.3 is 0 Å². The van der Waals surface area contributed by atoms with Crippen LogP contribution >= 0.6 is 11.8 Å². The second-order valence-electron chi connectivity index (χ2n) is 4.62. The van der Waals surface area contributed by atoms with Gasteiger partial charge in [0.2, 0.25) is 12.3 Å². The molecule has 1 heterocycles. The fraction of sp³-hybridized carbons (Fsp3) is 0.429. The van der Waals surface area contributed by atoms with E-state index in [0.717, 1.165) is 11.3 Å². The molecule has 0 spiro atoms. The van der Waals surface area contributed by atoms with E-state index < -0.39 is 0 Å². The van der Waals surface area contributed by atoms with E-state index in [4.69, 9.17) is 0 Å². The zero-order valence-electron chi connectivity index (χ0n) is 11.0. The van der Waals surface area contributed by atoms with Crippen molar-refractivity contribution in [3.05, 3.63) is 29.8 Å². The average molecular weight is 278 g/mol. The minimum atomic E-state index is 0.149. The highest BCUT2D eigenvalue weighted by molar-refractivity contribution is 8.00. The highest BCUT2D eigenvalue weighted by atomic mass is 32.2. The topological polar surface area (TPSA) is 40.6 Å². The van der Waals surface area contributed by atoms with Crippen LogP contribution in [0.15, 0.2) is 29.2 Å². The van der Waals surface area contributed by atoms with Gasteiger partial charge in [0.05, 0.1) is 5.75 Å². The van der Waals surface area contributed by atoms with E-state index in [0.29, 0.717) is 31.9 Å². The van der Waals surface area contributed by atoms with Crippen molar-refractivity contribution in [1.29, 1.82) is 0 Å². The second kappa shape index (κ2) is 6.61. The second-order valence-corrected chi connectivity index (χ2v) is 5.67. The molecule has 1 fully saturated rings. The smallest absolute Gasteiger partial charge is 0.233 e. The molecular formula is C14H18N2O2S. The number of carbonyl (C=O) groups excluding carboxylic acids is 2. The number of piperazine rings is 1. The molecule has 4 nitrogen and oxygen atoms in total. The highest BCUT2D eigenvalue weighted by Gasteiger charge is 2.19. The fourth-order valence-electron chi connectivity index (χ4n) is 1.95. The molecule has 1 aromatic carbocycles. The summed E-state index contributed by atoms with van der Waals surface area (Å²) in [7, 11) is 0. The first-order valence-electron chi connectivity index (χ1n) is 6.35. The summed E-state index contributed by atoms with van der Waals surface area (Å²) in [5.41, 5.74) is 1.22. The summed E-state index contributed by atoms with van der Waals surface area (Å²) in [5.74, 6) is 0.612. The van der Waals surface area contributed by atoms with E-state index in [1.807, 2.05) is 24.0 Å². The fourth-order valence-corrected chi connectivity index (χ4v) is 2.75. The van der Waals surface area contributed by atoms with Crippen molar-refractivity contribution in [2.75, 3.05) is 31.9 Å². The molecule has 19 heavy (non-hydrogen) atoms. The molecule has 1 aliphatic rings. The van der Waals surface area contributed by atoms with Crippen LogP contribution in [0.25, 0.3) is 0 Å². The molecule has 0 saturated carbocycles. The number of amides is 2. The monoisotopic (exact) mass is 278 g/mol. The molecule has 0 atom stereocenters. The summed E-state index contributed by atoms with van der Waals surface area (Å²) < 4.78 is 0. The lowest BCUT2D eigenvalue weighted by atomic mass is 10.2. The first-order chi connectivity index (χ1) is 9.19. The Kier molecular flexibility index (Phi) is 4.85. The van der Waals surface area contributed by atoms with E-state index in [1.54, 1.807) is 16.7 Å². The van der Waals surface area contributed by atoms with Gasteiger partial charge in [-0.1, -0.05) is 17.7 Å². The molecule has 0 unspecified atom stereocenters. The van der Waals surface area contributed by atoms with Gasteiger partial charge in [0.1, 0.15) is 0 Å². The quantitative estimate of drug-likeness (QED) is 0.617. The Morgan fingerprint density at radius 3 is 2.42 bits per heavy atom. The van der Waals surface area contributed by atoms with Gasteiger partial charge < -0.3 is 9.80 Å². The number of aryl methyl sites for hydroxylation is 1. The lowest BCUT2D eigenvalue weighted by Gasteiger charge is -2.32. The average Bonchev–Trinajstić information content (AvgIpc) is 2.46. The predicted molar refractivity (Wildman–Crippen MR) is 76.1 cm³/mol. The van der Waals surface area contributed by atoms with E-state index in [2.05, 4.69) is 12.1 Å². The van der Waals surface area contributed by atoms with Crippen molar-refractivity contribution >= 4 is 24.1 Å². The molecule has 0 N–H and O–H groups in total. The van der Waals surface area contributed by atoms with Gasteiger partial charge in [-0.2, -0.15) is 0 Å². The largest absolute Gasteiger partial charge is 0.342 e. The van der Waals surface area contributed by atoms with Crippen LogP contribution in [0.3, 0.4) is 0 Å². The van der Waals surface area contributed by atoms with Crippen LogP contribution in [-0.2, 0) is 9.59 Å². The number of rotatable bonds is 4. The predicted octanol–water partition coefficient (Wildman–Crippen LogP) is 1.39. The van der Waals surface area contributed by atoms with Gasteiger partial charge in [-0.3, -0.25) is 9.59 Å². The van der Waals surface area contributed by atoms with Gasteiger partial charge in [0, 0.05) is 31.1 Å². The van der Waals surface area contributed by atoms with Crippen LogP contribution in [0.4, 0.5) is 0 Å². The number of thioether (sulfide) groups is 1. The van der Waals surface area contributed by atoms with Crippen LogP contribution in [0.5, 0.6) is 0 Å². The maximum atomic E-state index is 12.0. The minimum Gasteiger partial charge on any atom is -0.342 e. The molecule has 1 aliphatic heterocycles. The zero-order valence-corrected chi connectivity index (χ0v) is 11.9. The number of hydrogen-bond donors (Lipinski definition) is 0. The van der Waals surface area contributed by atoms with E-state index in [-0.39, 0.29) is 5.91 Å². The normalized spacial score (nSPS) is 15.4. The number of hydrogen-bond acceptors (Lipinski definition) is 3. The van der Waals surface area contributed by atoms with Crippen LogP contribution < -0.4 is 0 Å². The van der Waals surface area contributed by atoms with E-state index >= 15 is 0 Å². The number of carbonyl (C=O) groups is 2. The maximum Gasteiger partial charge on any atom is 0.233 e. The highest BCUT2D eigenvalue weighted by Crippen LogP contribution is 2.19. The Hall–Kier alpha value is -1.49. The summed E-state index contributed by atoms with van der Waals surface area (Å²) in [6.45, 7) is 4.62. The van der Waals surface area contributed by atoms with Crippen molar-refractivity contribution in [3.8, 4) is 0 Å². The van der Waals surface area contributed by atoms with Gasteiger partial charge in [-0.25, -0.2) is 0 Å². The lowest BCUT2D eigenvalue weighted by molar-refractivity contribution is -0.132. The Morgan fingerprint density at radius 1 is 1.21 bits per heavy atom. The van der Waals surface area contributed by atoms with Crippen molar-refractivity contribution in [2.45, 2.75) is 11.8 Å². The Labute approximate surface area is 117 Å². The molecule has 1 saturated heterocycles. The van der Waals surface area contributed by atoms with Crippen LogP contribution in [-0.4, -0.2) is 54.0 Å². The lowest BCUT2D eigenvalue weighted by Crippen LogP contribution is -2.48. The third kappa shape index (κ3) is 3.99. The maximum absolute atomic E-state index is 12.0. The van der Waals surface area contributed by atoms with E-state index in [9.17, 15) is 9.59 Å². The molecule has 0 aliphatic carbocycles. The summed E-state index contributed by atoms with van der Waals surface area (Å²) in [4.78, 5) is 27.3. The Bertz CT molecular complexity index is 439. The van der Waals surface area contributed by atoms with Crippen LogP contribution in [0, 0.1) is 6.92 Å². The van der Waals surface area contributed by atoms with Gasteiger partial charge in [-0.15, -0.1) is 11.8 Å². The van der Waals surface area contributed by atoms with Crippen molar-refractivity contribution in [2.24, 2.45) is 0 Å². The first-order valence-corrected chi connectivity index (χ1v) is 7.34. The third-order valence-corrected chi connectivity index (χ3v) is 4.20. The molecule has 102 valence electrons. The van der Waals surface area contributed by atoms with Gasteiger partial charge in [-0.05, 0) is 19.1 Å². The summed E-state index contributed by atoms with van der Waals surface area (Å²) in [6.07, 6.45) is 0.850. The standard InChI is InChI=1S/C14H18N2O2S/c1-12-2-4-13(5-3-12)19-10-14(18)16-8-6-15(11-17)7-9-16/h2-5,11H,6-10H2,1H3. The van der Waals surface area contributed by atoms with Crippen molar-refractivity contribution in [3.63, 3.8) is 0 Å². The van der Waals surface area contributed by atoms with E-state index in [1.165, 1.54) is 5.56 Å². The van der Waals surface area contributed by atoms with Crippen LogP contribution in [0.2, 0.25) is 0 Å². The third-order valence-electron chi connectivity index (χ3n) is 3.20. The van der Waals surface area contributed by atoms with Gasteiger partial charge in [0.15, 0.2) is 0 Å². The van der Waals surface area contributed by atoms with Gasteiger partial charge in [0.25, 0.3) is 0 Å². The molecule has 5 heteroatoms. The first kappa shape index (κ1) is 13.9. The summed E-state index contributed by atoms with van der Waals surface area (Å²) in [5, 5.41) is 0.